The van der Waals surface area contributed by atoms with E-state index in [2.05, 4.69) is 10.6 Å². The highest BCUT2D eigenvalue weighted by Gasteiger charge is 2.39. The molecule has 1 aromatic rings. The summed E-state index contributed by atoms with van der Waals surface area (Å²) in [6, 6.07) is 4.85. The predicted molar refractivity (Wildman–Crippen MR) is 117 cm³/mol. The molecule has 1 heterocycles. The third kappa shape index (κ3) is 7.13. The van der Waals surface area contributed by atoms with Crippen molar-refractivity contribution in [3.8, 4) is 0 Å². The number of carbonyl (C=O) groups excluding carboxylic acids is 3. The SMILES string of the molecule is CN/C(=C\C=N)C(=O)N1CCOCC1CCNC(=O)c1ccc(C(=N)NC(=O)C(F)(F)F)cc1. The van der Waals surface area contributed by atoms with Gasteiger partial charge in [-0.15, -0.1) is 0 Å². The molecule has 0 aliphatic carbocycles. The highest BCUT2D eigenvalue weighted by molar-refractivity contribution is 6.08. The number of likely N-dealkylation sites (N-methyl/N-ethyl adjacent to an activating group) is 1. The molecule has 1 unspecified atom stereocenters. The molecule has 1 aliphatic heterocycles. The highest BCUT2D eigenvalue weighted by atomic mass is 19.4. The van der Waals surface area contributed by atoms with E-state index in [1.54, 1.807) is 11.9 Å². The molecule has 3 amide bonds. The number of halogens is 3. The lowest BCUT2D eigenvalue weighted by atomic mass is 10.1. The van der Waals surface area contributed by atoms with Gasteiger partial charge in [0.2, 0.25) is 0 Å². The Hall–Kier alpha value is -3.74. The number of carbonyl (C=O) groups is 3. The third-order valence-electron chi connectivity index (χ3n) is 4.93. The average Bonchev–Trinajstić information content (AvgIpc) is 2.81. The summed E-state index contributed by atoms with van der Waals surface area (Å²) in [7, 11) is 1.58. The van der Waals surface area contributed by atoms with Crippen molar-refractivity contribution in [3.63, 3.8) is 0 Å². The Bertz CT molecular complexity index is 962. The summed E-state index contributed by atoms with van der Waals surface area (Å²) in [5.74, 6) is -3.73. The molecule has 1 aromatic carbocycles. The van der Waals surface area contributed by atoms with E-state index in [9.17, 15) is 27.6 Å². The van der Waals surface area contributed by atoms with Crippen molar-refractivity contribution in [1.29, 1.82) is 10.8 Å². The second kappa shape index (κ2) is 11.9. The number of ether oxygens (including phenoxy) is 1. The van der Waals surface area contributed by atoms with Gasteiger partial charge in [0.1, 0.15) is 11.5 Å². The average molecular weight is 482 g/mol. The second-order valence-corrected chi connectivity index (χ2v) is 7.17. The number of morpholine rings is 1. The van der Waals surface area contributed by atoms with Crippen LogP contribution in [0.2, 0.25) is 0 Å². The smallest absolute Gasteiger partial charge is 0.384 e. The maximum Gasteiger partial charge on any atom is 0.471 e. The summed E-state index contributed by atoms with van der Waals surface area (Å²) in [6.07, 6.45) is -2.34. The molecule has 0 bridgehead atoms. The zero-order valence-corrected chi connectivity index (χ0v) is 18.3. The van der Waals surface area contributed by atoms with Crippen molar-refractivity contribution in [2.24, 2.45) is 0 Å². The number of benzene rings is 1. The Morgan fingerprint density at radius 1 is 1.21 bits per heavy atom. The first-order chi connectivity index (χ1) is 16.1. The molecule has 13 heteroatoms. The Morgan fingerprint density at radius 2 is 1.85 bits per heavy atom. The molecule has 34 heavy (non-hydrogen) atoms. The molecule has 184 valence electrons. The van der Waals surface area contributed by atoms with Crippen LogP contribution in [0.5, 0.6) is 0 Å². The van der Waals surface area contributed by atoms with Crippen molar-refractivity contribution in [3.05, 3.63) is 47.2 Å². The lowest BCUT2D eigenvalue weighted by Crippen LogP contribution is -2.51. The Kier molecular flexibility index (Phi) is 9.30. The fraction of sp³-hybridized carbons (Fsp3) is 0.381. The minimum Gasteiger partial charge on any atom is -0.384 e. The van der Waals surface area contributed by atoms with Crippen molar-refractivity contribution in [1.82, 2.24) is 20.9 Å². The van der Waals surface area contributed by atoms with Crippen molar-refractivity contribution in [2.75, 3.05) is 33.4 Å². The van der Waals surface area contributed by atoms with E-state index < -0.39 is 23.8 Å². The van der Waals surface area contributed by atoms with Crippen LogP contribution in [-0.2, 0) is 14.3 Å². The van der Waals surface area contributed by atoms with Gasteiger partial charge in [0.15, 0.2) is 0 Å². The van der Waals surface area contributed by atoms with Gasteiger partial charge in [0, 0.05) is 37.5 Å². The van der Waals surface area contributed by atoms with Crippen molar-refractivity contribution < 1.29 is 32.3 Å². The molecule has 5 N–H and O–H groups in total. The Balaban J connectivity index is 1.92. The van der Waals surface area contributed by atoms with E-state index in [1.165, 1.54) is 35.7 Å². The van der Waals surface area contributed by atoms with Crippen LogP contribution >= 0.6 is 0 Å². The van der Waals surface area contributed by atoms with Gasteiger partial charge in [0.25, 0.3) is 11.8 Å². The zero-order valence-electron chi connectivity index (χ0n) is 18.3. The number of hydrogen-bond acceptors (Lipinski definition) is 7. The quantitative estimate of drug-likeness (QED) is 0.211. The summed E-state index contributed by atoms with van der Waals surface area (Å²) in [6.45, 7) is 1.26. The summed E-state index contributed by atoms with van der Waals surface area (Å²) < 4.78 is 42.4. The molecule has 1 fully saturated rings. The summed E-state index contributed by atoms with van der Waals surface area (Å²) in [5, 5.41) is 21.6. The van der Waals surface area contributed by atoms with Gasteiger partial charge < -0.3 is 31.0 Å². The number of alkyl halides is 3. The van der Waals surface area contributed by atoms with Gasteiger partial charge in [-0.2, -0.15) is 13.2 Å². The number of amidine groups is 1. The molecule has 0 radical (unpaired) electrons. The van der Waals surface area contributed by atoms with Crippen LogP contribution in [0.25, 0.3) is 0 Å². The van der Waals surface area contributed by atoms with E-state index in [0.717, 1.165) is 6.21 Å². The number of rotatable bonds is 8. The largest absolute Gasteiger partial charge is 0.471 e. The minimum atomic E-state index is -5.11. The normalized spacial score (nSPS) is 16.4. The zero-order chi connectivity index (χ0) is 25.3. The van der Waals surface area contributed by atoms with E-state index in [-0.39, 0.29) is 35.3 Å². The first-order valence-corrected chi connectivity index (χ1v) is 10.2. The molecule has 1 saturated heterocycles. The van der Waals surface area contributed by atoms with Crippen LogP contribution in [0, 0.1) is 10.8 Å². The number of nitrogens with one attached hydrogen (secondary N) is 5. The third-order valence-corrected chi connectivity index (χ3v) is 4.93. The molecule has 2 rings (SSSR count). The number of nitrogens with zero attached hydrogens (tertiary/aromatic N) is 1. The van der Waals surface area contributed by atoms with Gasteiger partial charge in [-0.25, -0.2) is 0 Å². The van der Waals surface area contributed by atoms with E-state index >= 15 is 0 Å². The molecule has 10 nitrogen and oxygen atoms in total. The van der Waals surface area contributed by atoms with Crippen LogP contribution in [0.3, 0.4) is 0 Å². The Morgan fingerprint density at radius 3 is 2.44 bits per heavy atom. The molecule has 1 atom stereocenters. The van der Waals surface area contributed by atoms with Crippen LogP contribution in [0.1, 0.15) is 22.3 Å². The lowest BCUT2D eigenvalue weighted by Gasteiger charge is -2.36. The summed E-state index contributed by atoms with van der Waals surface area (Å²) in [4.78, 5) is 37.6. The van der Waals surface area contributed by atoms with Gasteiger partial charge >= 0.3 is 12.1 Å². The molecular weight excluding hydrogens is 457 g/mol. The molecule has 1 aliphatic rings. The first kappa shape index (κ1) is 26.5. The fourth-order valence-corrected chi connectivity index (χ4v) is 3.16. The van der Waals surface area contributed by atoms with E-state index in [4.69, 9.17) is 15.6 Å². The van der Waals surface area contributed by atoms with Gasteiger partial charge in [-0.1, -0.05) is 12.1 Å². The second-order valence-electron chi connectivity index (χ2n) is 7.17. The highest BCUT2D eigenvalue weighted by Crippen LogP contribution is 2.15. The summed E-state index contributed by atoms with van der Waals surface area (Å²) >= 11 is 0. The van der Waals surface area contributed by atoms with Gasteiger partial charge in [0.05, 0.1) is 19.3 Å². The molecule has 0 saturated carbocycles. The van der Waals surface area contributed by atoms with Crippen LogP contribution in [0.4, 0.5) is 13.2 Å². The van der Waals surface area contributed by atoms with Crippen molar-refractivity contribution in [2.45, 2.75) is 18.6 Å². The van der Waals surface area contributed by atoms with Crippen LogP contribution < -0.4 is 16.0 Å². The monoisotopic (exact) mass is 482 g/mol. The Labute approximate surface area is 193 Å². The van der Waals surface area contributed by atoms with Crippen molar-refractivity contribution >= 4 is 29.8 Å². The predicted octanol–water partition coefficient (Wildman–Crippen LogP) is 0.791. The lowest BCUT2D eigenvalue weighted by molar-refractivity contribution is -0.171. The topological polar surface area (TPSA) is 147 Å². The number of allylic oxidation sites excluding steroid dienone is 1. The van der Waals surface area contributed by atoms with E-state index in [0.29, 0.717) is 26.2 Å². The number of hydrogen-bond donors (Lipinski definition) is 5. The number of amides is 3. The van der Waals surface area contributed by atoms with Crippen LogP contribution in [-0.4, -0.2) is 80.2 Å². The van der Waals surface area contributed by atoms with Crippen LogP contribution in [0.15, 0.2) is 36.0 Å². The maximum absolute atomic E-state index is 12.7. The van der Waals surface area contributed by atoms with Gasteiger partial charge in [-0.05, 0) is 24.6 Å². The molecular formula is C21H25F3N6O4. The fourth-order valence-electron chi connectivity index (χ4n) is 3.16. The maximum atomic E-state index is 12.7. The standard InChI is InChI=1S/C21H25F3N6O4/c1-27-16(6-8-25)19(32)30-10-11-34-12-15(30)7-9-28-18(31)14-4-2-13(3-5-14)17(26)29-20(33)21(22,23)24/h2-6,8,15,25,27H,7,9-12H2,1H3,(H,28,31)(H2,26,29,33)/b16-6-,25-8?. The van der Waals surface area contributed by atoms with E-state index in [1.807, 2.05) is 0 Å². The minimum absolute atomic E-state index is 0.000903. The summed E-state index contributed by atoms with van der Waals surface area (Å²) in [5.41, 5.74) is 0.474. The molecule has 0 spiro atoms. The first-order valence-electron chi connectivity index (χ1n) is 10.2. The molecule has 0 aromatic heterocycles. The van der Waals surface area contributed by atoms with Gasteiger partial charge in [-0.3, -0.25) is 19.8 Å².